The van der Waals surface area contributed by atoms with Crippen LogP contribution in [0.15, 0.2) is 65.1 Å². The third kappa shape index (κ3) is 4.99. The van der Waals surface area contributed by atoms with Crippen molar-refractivity contribution in [3.8, 4) is 0 Å². The third-order valence-corrected chi connectivity index (χ3v) is 7.69. The second-order valence-electron chi connectivity index (χ2n) is 10.5. The number of hydrogen-bond donors (Lipinski definition) is 1. The number of rotatable bonds is 6. The molecule has 4 heterocycles. The molecular weight excluding hydrogens is 494 g/mol. The summed E-state index contributed by atoms with van der Waals surface area (Å²) in [5.41, 5.74) is 8.63. The number of para-hydroxylation sites is 2. The zero-order valence-electron chi connectivity index (χ0n) is 21.9. The summed E-state index contributed by atoms with van der Waals surface area (Å²) < 4.78 is 8.80. The first-order valence-corrected chi connectivity index (χ1v) is 13.8. The Hall–Kier alpha value is -3.82. The van der Waals surface area contributed by atoms with E-state index in [9.17, 15) is 0 Å². The van der Waals surface area contributed by atoms with Gasteiger partial charge in [-0.2, -0.15) is 10.1 Å². The monoisotopic (exact) mass is 525 g/mol. The Kier molecular flexibility index (Phi) is 6.55. The van der Waals surface area contributed by atoms with E-state index in [1.807, 2.05) is 29.6 Å². The lowest BCUT2D eigenvalue weighted by Crippen LogP contribution is -2.36. The largest absolute Gasteiger partial charge is 0.378 e. The van der Waals surface area contributed by atoms with Crippen molar-refractivity contribution in [2.45, 2.75) is 32.7 Å². The van der Waals surface area contributed by atoms with Crippen LogP contribution in [0.2, 0.25) is 0 Å². The van der Waals surface area contributed by atoms with Gasteiger partial charge in [0.05, 0.1) is 40.7 Å². The van der Waals surface area contributed by atoms with Crippen LogP contribution in [0.3, 0.4) is 0 Å². The molecule has 0 amide bonds. The summed E-state index contributed by atoms with van der Waals surface area (Å²) in [6, 6.07) is 19.0. The number of thiophene rings is 1. The number of aromatic nitrogens is 4. The van der Waals surface area contributed by atoms with E-state index in [1.165, 1.54) is 11.1 Å². The van der Waals surface area contributed by atoms with Gasteiger partial charge in [0.25, 0.3) is 0 Å². The molecule has 0 radical (unpaired) electrons. The summed E-state index contributed by atoms with van der Waals surface area (Å²) in [5.74, 6) is 2.16. The molecular formula is C29H31N7OS. The number of nitrogens with zero attached hydrogens (tertiary/aromatic N) is 6. The second-order valence-corrected chi connectivity index (χ2v) is 11.4. The Morgan fingerprint density at radius 2 is 1.76 bits per heavy atom. The molecule has 6 rings (SSSR count). The summed E-state index contributed by atoms with van der Waals surface area (Å²) in [4.78, 5) is 16.6. The van der Waals surface area contributed by atoms with Gasteiger partial charge < -0.3 is 14.2 Å². The minimum Gasteiger partial charge on any atom is -0.378 e. The molecule has 38 heavy (non-hydrogen) atoms. The molecule has 1 N–H and O–H groups in total. The molecule has 1 aliphatic rings. The number of ether oxygens (including phenoxy) is 1. The average Bonchev–Trinajstić information content (AvgIpc) is 3.53. The molecule has 3 aromatic heterocycles. The van der Waals surface area contributed by atoms with E-state index in [1.54, 1.807) is 17.6 Å². The predicted octanol–water partition coefficient (Wildman–Crippen LogP) is 5.67. The molecule has 0 saturated carbocycles. The standard InChI is InChI=1S/C29H31N7OS/c1-29(2,3)21-10-8-20(9-11-21)19-36-24-7-5-4-6-22(24)31-25(36)18-30-34-28-32-23-12-17-38-26(23)27(33-28)35-13-15-37-16-14-35/h4-12,17-18H,13-16,19H2,1-3H3,(H,32,33,34)/b30-18+. The first kappa shape index (κ1) is 24.5. The van der Waals surface area contributed by atoms with Crippen molar-refractivity contribution in [1.82, 2.24) is 19.5 Å². The first-order valence-electron chi connectivity index (χ1n) is 12.9. The quantitative estimate of drug-likeness (QED) is 0.227. The molecule has 0 spiro atoms. The highest BCUT2D eigenvalue weighted by atomic mass is 32.1. The molecule has 1 aliphatic heterocycles. The van der Waals surface area contributed by atoms with E-state index < -0.39 is 0 Å². The number of imidazole rings is 1. The third-order valence-electron chi connectivity index (χ3n) is 6.79. The van der Waals surface area contributed by atoms with Gasteiger partial charge in [0.15, 0.2) is 11.6 Å². The van der Waals surface area contributed by atoms with E-state index >= 15 is 0 Å². The Morgan fingerprint density at radius 1 is 0.974 bits per heavy atom. The molecule has 1 saturated heterocycles. The van der Waals surface area contributed by atoms with Crippen LogP contribution in [0.25, 0.3) is 21.3 Å². The van der Waals surface area contributed by atoms with Crippen LogP contribution < -0.4 is 10.3 Å². The normalized spacial score (nSPS) is 14.7. The van der Waals surface area contributed by atoms with Crippen LogP contribution in [-0.4, -0.2) is 52.0 Å². The Morgan fingerprint density at radius 3 is 2.55 bits per heavy atom. The molecule has 0 unspecified atom stereocenters. The van der Waals surface area contributed by atoms with Gasteiger partial charge in [-0.05, 0) is 40.1 Å². The van der Waals surface area contributed by atoms with E-state index in [0.29, 0.717) is 25.7 Å². The summed E-state index contributed by atoms with van der Waals surface area (Å²) in [6.07, 6.45) is 1.75. The number of benzene rings is 2. The van der Waals surface area contributed by atoms with Crippen molar-refractivity contribution in [2.24, 2.45) is 5.10 Å². The molecule has 0 atom stereocenters. The zero-order valence-corrected chi connectivity index (χ0v) is 22.7. The van der Waals surface area contributed by atoms with E-state index in [4.69, 9.17) is 14.7 Å². The molecule has 8 nitrogen and oxygen atoms in total. The SMILES string of the molecule is CC(C)(C)c1ccc(Cn2c(/C=N/Nc3nc(N4CCOCC4)c4sccc4n3)nc3ccccc32)cc1. The fraction of sp³-hybridized carbons (Fsp3) is 0.310. The van der Waals surface area contributed by atoms with Crippen LogP contribution >= 0.6 is 11.3 Å². The summed E-state index contributed by atoms with van der Waals surface area (Å²) >= 11 is 1.66. The second kappa shape index (κ2) is 10.2. The molecule has 9 heteroatoms. The van der Waals surface area contributed by atoms with Gasteiger partial charge in [-0.25, -0.2) is 15.4 Å². The van der Waals surface area contributed by atoms with Crippen molar-refractivity contribution in [3.63, 3.8) is 0 Å². The van der Waals surface area contributed by atoms with Crippen LogP contribution in [0.1, 0.15) is 37.7 Å². The Bertz CT molecular complexity index is 1590. The first-order chi connectivity index (χ1) is 18.5. The van der Waals surface area contributed by atoms with Crippen molar-refractivity contribution in [3.05, 3.63) is 76.9 Å². The maximum absolute atomic E-state index is 5.53. The molecule has 194 valence electrons. The Balaban J connectivity index is 1.28. The number of nitrogens with one attached hydrogen (secondary N) is 1. The summed E-state index contributed by atoms with van der Waals surface area (Å²) in [6.45, 7) is 10.4. The van der Waals surface area contributed by atoms with Crippen molar-refractivity contribution in [2.75, 3.05) is 36.6 Å². The number of fused-ring (bicyclic) bond motifs is 2. The highest BCUT2D eigenvalue weighted by Gasteiger charge is 2.18. The van der Waals surface area contributed by atoms with Gasteiger partial charge >= 0.3 is 0 Å². The molecule has 2 aromatic carbocycles. The fourth-order valence-corrected chi connectivity index (χ4v) is 5.53. The highest BCUT2D eigenvalue weighted by molar-refractivity contribution is 7.17. The van der Waals surface area contributed by atoms with Crippen molar-refractivity contribution >= 4 is 50.6 Å². The maximum atomic E-state index is 5.53. The van der Waals surface area contributed by atoms with Gasteiger partial charge in [0, 0.05) is 19.6 Å². The van der Waals surface area contributed by atoms with Crippen LogP contribution in [0.5, 0.6) is 0 Å². The average molecular weight is 526 g/mol. The predicted molar refractivity (Wildman–Crippen MR) is 156 cm³/mol. The van der Waals surface area contributed by atoms with Crippen LogP contribution in [0, 0.1) is 0 Å². The Labute approximate surface area is 226 Å². The minimum absolute atomic E-state index is 0.124. The molecule has 1 fully saturated rings. The maximum Gasteiger partial charge on any atom is 0.246 e. The van der Waals surface area contributed by atoms with E-state index in [0.717, 1.165) is 46.0 Å². The highest BCUT2D eigenvalue weighted by Crippen LogP contribution is 2.30. The van der Waals surface area contributed by atoms with Gasteiger partial charge in [-0.3, -0.25) is 0 Å². The molecule has 5 aromatic rings. The lowest BCUT2D eigenvalue weighted by atomic mass is 9.87. The number of hydrazone groups is 1. The topological polar surface area (TPSA) is 80.5 Å². The zero-order chi connectivity index (χ0) is 26.1. The fourth-order valence-electron chi connectivity index (χ4n) is 4.69. The minimum atomic E-state index is 0.124. The van der Waals surface area contributed by atoms with Gasteiger partial charge in [0.2, 0.25) is 5.95 Å². The number of morpholine rings is 1. The van der Waals surface area contributed by atoms with Crippen molar-refractivity contribution in [1.29, 1.82) is 0 Å². The smallest absolute Gasteiger partial charge is 0.246 e. The van der Waals surface area contributed by atoms with E-state index in [2.05, 4.69) is 76.1 Å². The lowest BCUT2D eigenvalue weighted by molar-refractivity contribution is 0.122. The van der Waals surface area contributed by atoms with Gasteiger partial charge in [-0.15, -0.1) is 11.3 Å². The summed E-state index contributed by atoms with van der Waals surface area (Å²) in [5, 5.41) is 6.56. The molecule has 0 bridgehead atoms. The lowest BCUT2D eigenvalue weighted by Gasteiger charge is -2.28. The number of hydrogen-bond acceptors (Lipinski definition) is 8. The van der Waals surface area contributed by atoms with Gasteiger partial charge in [-0.1, -0.05) is 57.2 Å². The summed E-state index contributed by atoms with van der Waals surface area (Å²) in [7, 11) is 0. The van der Waals surface area contributed by atoms with Crippen LogP contribution in [0.4, 0.5) is 11.8 Å². The number of anilines is 2. The van der Waals surface area contributed by atoms with Gasteiger partial charge in [0.1, 0.15) is 0 Å². The molecule has 0 aliphatic carbocycles. The van der Waals surface area contributed by atoms with Crippen LogP contribution in [-0.2, 0) is 16.7 Å². The van der Waals surface area contributed by atoms with E-state index in [-0.39, 0.29) is 5.41 Å². The van der Waals surface area contributed by atoms with Crippen molar-refractivity contribution < 1.29 is 4.74 Å².